The molecule has 114 valence electrons. The van der Waals surface area contributed by atoms with E-state index in [0.29, 0.717) is 6.07 Å². The Kier molecular flexibility index (Phi) is 5.77. The van der Waals surface area contributed by atoms with Crippen LogP contribution in [0, 0.1) is 11.6 Å². The maximum absolute atomic E-state index is 13.0. The van der Waals surface area contributed by atoms with Crippen molar-refractivity contribution in [1.82, 2.24) is 5.32 Å². The molecular weight excluding hydrogens is 286 g/mol. The third-order valence-electron chi connectivity index (χ3n) is 2.61. The molecule has 1 rings (SSSR count). The predicted octanol–water partition coefficient (Wildman–Crippen LogP) is 0.342. The van der Waals surface area contributed by atoms with Gasteiger partial charge in [0.05, 0.1) is 6.42 Å². The zero-order valence-corrected chi connectivity index (χ0v) is 10.9. The minimum Gasteiger partial charge on any atom is -0.481 e. The third-order valence-corrected chi connectivity index (χ3v) is 2.61. The molecule has 1 aromatic rings. The van der Waals surface area contributed by atoms with Crippen LogP contribution in [0.1, 0.15) is 18.4 Å². The highest BCUT2D eigenvalue weighted by Crippen LogP contribution is 2.09. The molecule has 0 fully saturated rings. The van der Waals surface area contributed by atoms with Gasteiger partial charge in [-0.3, -0.25) is 14.4 Å². The highest BCUT2D eigenvalue weighted by atomic mass is 19.1. The Hall–Kier alpha value is -2.51. The fourth-order valence-corrected chi connectivity index (χ4v) is 1.70. The summed E-state index contributed by atoms with van der Waals surface area (Å²) in [7, 11) is 0. The molecule has 21 heavy (non-hydrogen) atoms. The second-order valence-electron chi connectivity index (χ2n) is 4.41. The van der Waals surface area contributed by atoms with Gasteiger partial charge in [-0.05, 0) is 24.1 Å². The maximum Gasteiger partial charge on any atom is 0.303 e. The summed E-state index contributed by atoms with van der Waals surface area (Å²) in [5.74, 6) is -4.35. The Morgan fingerprint density at radius 3 is 2.24 bits per heavy atom. The first-order valence-corrected chi connectivity index (χ1v) is 6.03. The van der Waals surface area contributed by atoms with Gasteiger partial charge >= 0.3 is 5.97 Å². The van der Waals surface area contributed by atoms with E-state index in [1.165, 1.54) is 0 Å². The van der Waals surface area contributed by atoms with Gasteiger partial charge in [0.1, 0.15) is 17.7 Å². The van der Waals surface area contributed by atoms with Crippen molar-refractivity contribution in [3.63, 3.8) is 0 Å². The van der Waals surface area contributed by atoms with Gasteiger partial charge < -0.3 is 16.2 Å². The second kappa shape index (κ2) is 7.32. The molecule has 1 aromatic carbocycles. The number of halogens is 2. The van der Waals surface area contributed by atoms with E-state index in [-0.39, 0.29) is 24.8 Å². The van der Waals surface area contributed by atoms with Gasteiger partial charge in [0.25, 0.3) is 0 Å². The van der Waals surface area contributed by atoms with Crippen molar-refractivity contribution in [3.8, 4) is 0 Å². The summed E-state index contributed by atoms with van der Waals surface area (Å²) < 4.78 is 25.9. The molecule has 0 unspecified atom stereocenters. The third kappa shape index (κ3) is 5.98. The Labute approximate surface area is 118 Å². The number of rotatable bonds is 7. The number of hydrogen-bond acceptors (Lipinski definition) is 3. The molecule has 1 atom stereocenters. The lowest BCUT2D eigenvalue weighted by molar-refractivity contribution is -0.137. The van der Waals surface area contributed by atoms with Crippen LogP contribution in [0.15, 0.2) is 18.2 Å². The standard InChI is InChI=1S/C13H14F2N2O4/c14-8-3-7(4-9(15)6-8)5-11(18)17-10(13(16)21)1-2-12(19)20/h3-4,6,10H,1-2,5H2,(H2,16,21)(H,17,18)(H,19,20)/t10-/m0/s1. The summed E-state index contributed by atoms with van der Waals surface area (Å²) in [6.45, 7) is 0. The average Bonchev–Trinajstić information content (AvgIpc) is 2.32. The van der Waals surface area contributed by atoms with Gasteiger partial charge in [-0.15, -0.1) is 0 Å². The van der Waals surface area contributed by atoms with Crippen molar-refractivity contribution in [1.29, 1.82) is 0 Å². The van der Waals surface area contributed by atoms with E-state index in [2.05, 4.69) is 5.32 Å². The van der Waals surface area contributed by atoms with Crippen LogP contribution in [0.2, 0.25) is 0 Å². The molecular formula is C13H14F2N2O4. The number of benzene rings is 1. The number of amides is 2. The number of nitrogens with one attached hydrogen (secondary N) is 1. The van der Waals surface area contributed by atoms with Crippen LogP contribution in [-0.2, 0) is 20.8 Å². The van der Waals surface area contributed by atoms with Crippen LogP contribution < -0.4 is 11.1 Å². The predicted molar refractivity (Wildman–Crippen MR) is 68.1 cm³/mol. The van der Waals surface area contributed by atoms with Gasteiger partial charge in [0.2, 0.25) is 11.8 Å². The smallest absolute Gasteiger partial charge is 0.303 e. The minimum atomic E-state index is -1.15. The van der Waals surface area contributed by atoms with E-state index < -0.39 is 35.5 Å². The first-order valence-electron chi connectivity index (χ1n) is 6.03. The van der Waals surface area contributed by atoms with Crippen LogP contribution in [0.4, 0.5) is 8.78 Å². The van der Waals surface area contributed by atoms with Crippen molar-refractivity contribution >= 4 is 17.8 Å². The van der Waals surface area contributed by atoms with Crippen LogP contribution in [-0.4, -0.2) is 28.9 Å². The van der Waals surface area contributed by atoms with Crippen molar-refractivity contribution in [2.75, 3.05) is 0 Å². The molecule has 6 nitrogen and oxygen atoms in total. The second-order valence-corrected chi connectivity index (χ2v) is 4.41. The highest BCUT2D eigenvalue weighted by molar-refractivity contribution is 5.87. The summed E-state index contributed by atoms with van der Waals surface area (Å²) in [5.41, 5.74) is 5.14. The van der Waals surface area contributed by atoms with E-state index in [1.807, 2.05) is 0 Å². The zero-order chi connectivity index (χ0) is 16.0. The molecule has 0 aliphatic heterocycles. The molecule has 0 saturated heterocycles. The lowest BCUT2D eigenvalue weighted by Gasteiger charge is -2.14. The minimum absolute atomic E-state index is 0.0893. The number of carboxylic acid groups (broad SMARTS) is 1. The van der Waals surface area contributed by atoms with Crippen LogP contribution in [0.25, 0.3) is 0 Å². The van der Waals surface area contributed by atoms with Crippen LogP contribution in [0.5, 0.6) is 0 Å². The van der Waals surface area contributed by atoms with E-state index in [9.17, 15) is 23.2 Å². The molecule has 0 spiro atoms. The summed E-state index contributed by atoms with van der Waals surface area (Å²) in [5, 5.41) is 10.8. The summed E-state index contributed by atoms with van der Waals surface area (Å²) in [6, 6.07) is 1.49. The molecule has 0 aromatic heterocycles. The Morgan fingerprint density at radius 2 is 1.76 bits per heavy atom. The fraction of sp³-hybridized carbons (Fsp3) is 0.308. The molecule has 0 aliphatic rings. The fourth-order valence-electron chi connectivity index (χ4n) is 1.70. The van der Waals surface area contributed by atoms with Crippen molar-refractivity contribution in [3.05, 3.63) is 35.4 Å². The van der Waals surface area contributed by atoms with Gasteiger partial charge in [-0.25, -0.2) is 8.78 Å². The van der Waals surface area contributed by atoms with Gasteiger partial charge in [0, 0.05) is 12.5 Å². The van der Waals surface area contributed by atoms with Crippen LogP contribution in [0.3, 0.4) is 0 Å². The largest absolute Gasteiger partial charge is 0.481 e. The molecule has 0 heterocycles. The highest BCUT2D eigenvalue weighted by Gasteiger charge is 2.19. The normalized spacial score (nSPS) is 11.7. The van der Waals surface area contributed by atoms with E-state index in [4.69, 9.17) is 10.8 Å². The SMILES string of the molecule is NC(=O)[C@H](CCC(=O)O)NC(=O)Cc1cc(F)cc(F)c1. The summed E-state index contributed by atoms with van der Waals surface area (Å²) >= 11 is 0. The van der Waals surface area contributed by atoms with Crippen molar-refractivity contribution < 1.29 is 28.3 Å². The number of nitrogens with two attached hydrogens (primary N) is 1. The molecule has 0 bridgehead atoms. The summed E-state index contributed by atoms with van der Waals surface area (Å²) in [6.07, 6.45) is -0.859. The number of hydrogen-bond donors (Lipinski definition) is 3. The lowest BCUT2D eigenvalue weighted by Crippen LogP contribution is -2.45. The number of primary amides is 1. The molecule has 0 saturated carbocycles. The molecule has 0 radical (unpaired) electrons. The topological polar surface area (TPSA) is 109 Å². The first kappa shape index (κ1) is 16.5. The van der Waals surface area contributed by atoms with Crippen molar-refractivity contribution in [2.24, 2.45) is 5.73 Å². The lowest BCUT2D eigenvalue weighted by atomic mass is 10.1. The van der Waals surface area contributed by atoms with Gasteiger partial charge in [0.15, 0.2) is 0 Å². The Bertz CT molecular complexity index is 543. The summed E-state index contributed by atoms with van der Waals surface area (Å²) in [4.78, 5) is 33.2. The number of carboxylic acids is 1. The first-order chi connectivity index (χ1) is 9.77. The maximum atomic E-state index is 13.0. The Balaban J connectivity index is 2.65. The molecule has 0 aliphatic carbocycles. The zero-order valence-electron chi connectivity index (χ0n) is 10.9. The monoisotopic (exact) mass is 300 g/mol. The quantitative estimate of drug-likeness (QED) is 0.674. The van der Waals surface area contributed by atoms with Gasteiger partial charge in [-0.1, -0.05) is 0 Å². The van der Waals surface area contributed by atoms with Gasteiger partial charge in [-0.2, -0.15) is 0 Å². The number of carbonyl (C=O) groups excluding carboxylic acids is 2. The number of aliphatic carboxylic acids is 1. The van der Waals surface area contributed by atoms with E-state index in [0.717, 1.165) is 12.1 Å². The van der Waals surface area contributed by atoms with Crippen molar-refractivity contribution in [2.45, 2.75) is 25.3 Å². The molecule has 4 N–H and O–H groups in total. The van der Waals surface area contributed by atoms with Crippen LogP contribution >= 0.6 is 0 Å². The average molecular weight is 300 g/mol. The van der Waals surface area contributed by atoms with E-state index >= 15 is 0 Å². The number of carbonyl (C=O) groups is 3. The van der Waals surface area contributed by atoms with E-state index in [1.54, 1.807) is 0 Å². The Morgan fingerprint density at radius 1 is 1.19 bits per heavy atom. The molecule has 8 heteroatoms. The molecule has 2 amide bonds.